The quantitative estimate of drug-likeness (QED) is 0.710. The predicted octanol–water partition coefficient (Wildman–Crippen LogP) is 1.89. The third-order valence-electron chi connectivity index (χ3n) is 2.89. The van der Waals surface area contributed by atoms with Crippen LogP contribution in [0.15, 0.2) is 30.3 Å². The van der Waals surface area contributed by atoms with Gasteiger partial charge in [0.05, 0.1) is 13.0 Å². The molecule has 0 amide bonds. The van der Waals surface area contributed by atoms with Crippen molar-refractivity contribution in [1.29, 1.82) is 0 Å². The van der Waals surface area contributed by atoms with Crippen LogP contribution in [-0.4, -0.2) is 26.2 Å². The standard InChI is InChI=1S/C13H16NO2/c1-16-13(15)11-6-5-9-14(10-11)12-7-3-2-4-8-12/h2-4,6-8,11H,5,9-10H2,1H3. The largest absolute Gasteiger partial charge is 0.469 e. The summed E-state index contributed by atoms with van der Waals surface area (Å²) in [6.45, 7) is 1.69. The molecule has 1 heterocycles. The molecule has 1 aliphatic heterocycles. The Morgan fingerprint density at radius 1 is 1.38 bits per heavy atom. The van der Waals surface area contributed by atoms with Crippen LogP contribution in [-0.2, 0) is 9.53 Å². The maximum atomic E-state index is 11.5. The van der Waals surface area contributed by atoms with Gasteiger partial charge in [-0.3, -0.25) is 4.79 Å². The number of methoxy groups -OCH3 is 1. The minimum atomic E-state index is -0.138. The number of carbonyl (C=O) groups excluding carboxylic acids is 1. The van der Waals surface area contributed by atoms with Crippen molar-refractivity contribution in [2.45, 2.75) is 6.42 Å². The average molecular weight is 218 g/mol. The lowest BCUT2D eigenvalue weighted by molar-refractivity contribution is -0.144. The third-order valence-corrected chi connectivity index (χ3v) is 2.89. The zero-order valence-electron chi connectivity index (χ0n) is 9.43. The normalized spacial score (nSPS) is 20.6. The van der Waals surface area contributed by atoms with E-state index in [-0.39, 0.29) is 11.9 Å². The zero-order valence-corrected chi connectivity index (χ0v) is 9.43. The Bertz CT molecular complexity index is 350. The first kappa shape index (κ1) is 11.0. The van der Waals surface area contributed by atoms with E-state index in [1.807, 2.05) is 24.6 Å². The lowest BCUT2D eigenvalue weighted by Gasteiger charge is -2.32. The molecule has 1 unspecified atom stereocenters. The molecule has 1 atom stereocenters. The van der Waals surface area contributed by atoms with Crippen LogP contribution in [0, 0.1) is 12.3 Å². The Hall–Kier alpha value is -1.51. The molecule has 3 nitrogen and oxygen atoms in total. The van der Waals surface area contributed by atoms with Gasteiger partial charge in [0.1, 0.15) is 0 Å². The van der Waals surface area contributed by atoms with Crippen LogP contribution >= 0.6 is 0 Å². The van der Waals surface area contributed by atoms with Crippen molar-refractivity contribution in [1.82, 2.24) is 0 Å². The topological polar surface area (TPSA) is 29.5 Å². The average Bonchev–Trinajstić information content (AvgIpc) is 2.39. The minimum absolute atomic E-state index is 0.0982. The second-order valence-electron chi connectivity index (χ2n) is 3.94. The van der Waals surface area contributed by atoms with Crippen LogP contribution in [0.5, 0.6) is 0 Å². The van der Waals surface area contributed by atoms with Gasteiger partial charge in [0.15, 0.2) is 0 Å². The van der Waals surface area contributed by atoms with E-state index < -0.39 is 0 Å². The fourth-order valence-corrected chi connectivity index (χ4v) is 2.03. The number of benzene rings is 1. The van der Waals surface area contributed by atoms with E-state index in [0.717, 1.165) is 19.5 Å². The van der Waals surface area contributed by atoms with E-state index in [4.69, 9.17) is 4.74 Å². The Morgan fingerprint density at radius 2 is 2.12 bits per heavy atom. The van der Waals surface area contributed by atoms with Gasteiger partial charge in [0.2, 0.25) is 0 Å². The van der Waals surface area contributed by atoms with Crippen molar-refractivity contribution >= 4 is 11.7 Å². The third kappa shape index (κ3) is 2.35. The summed E-state index contributed by atoms with van der Waals surface area (Å²) in [5.41, 5.74) is 1.17. The molecule has 0 aromatic heterocycles. The highest BCUT2D eigenvalue weighted by Gasteiger charge is 2.26. The van der Waals surface area contributed by atoms with E-state index in [9.17, 15) is 4.79 Å². The molecule has 0 N–H and O–H groups in total. The Morgan fingerprint density at radius 3 is 2.81 bits per heavy atom. The molecule has 85 valence electrons. The molecule has 0 aliphatic carbocycles. The molecule has 1 radical (unpaired) electrons. The molecule has 16 heavy (non-hydrogen) atoms. The van der Waals surface area contributed by atoms with Crippen molar-refractivity contribution in [2.75, 3.05) is 25.1 Å². The molecule has 2 rings (SSSR count). The SMILES string of the molecule is COC(=O)C1[CH]CCN(c2ccccc2)C1. The fourth-order valence-electron chi connectivity index (χ4n) is 2.03. The molecule has 0 spiro atoms. The minimum Gasteiger partial charge on any atom is -0.469 e. The summed E-state index contributed by atoms with van der Waals surface area (Å²) in [5, 5.41) is 0. The number of piperidine rings is 1. The monoisotopic (exact) mass is 218 g/mol. The highest BCUT2D eigenvalue weighted by Crippen LogP contribution is 2.22. The van der Waals surface area contributed by atoms with Crippen molar-refractivity contribution < 1.29 is 9.53 Å². The van der Waals surface area contributed by atoms with Gasteiger partial charge in [-0.1, -0.05) is 18.2 Å². The first-order chi connectivity index (χ1) is 7.81. The molecule has 1 saturated heterocycles. The van der Waals surface area contributed by atoms with Crippen LogP contribution in [0.2, 0.25) is 0 Å². The number of ether oxygens (including phenoxy) is 1. The van der Waals surface area contributed by atoms with E-state index in [1.54, 1.807) is 0 Å². The van der Waals surface area contributed by atoms with Gasteiger partial charge < -0.3 is 9.64 Å². The van der Waals surface area contributed by atoms with E-state index >= 15 is 0 Å². The summed E-state index contributed by atoms with van der Waals surface area (Å²) < 4.78 is 4.78. The first-order valence-corrected chi connectivity index (χ1v) is 5.52. The van der Waals surface area contributed by atoms with Crippen molar-refractivity contribution in [3.63, 3.8) is 0 Å². The maximum absolute atomic E-state index is 11.5. The van der Waals surface area contributed by atoms with Gasteiger partial charge in [0, 0.05) is 18.8 Å². The second kappa shape index (κ2) is 5.01. The number of anilines is 1. The second-order valence-corrected chi connectivity index (χ2v) is 3.94. The summed E-state index contributed by atoms with van der Waals surface area (Å²) in [5.74, 6) is -0.236. The van der Waals surface area contributed by atoms with Crippen LogP contribution in [0.4, 0.5) is 5.69 Å². The van der Waals surface area contributed by atoms with Crippen molar-refractivity contribution in [2.24, 2.45) is 5.92 Å². The van der Waals surface area contributed by atoms with Crippen LogP contribution in [0.25, 0.3) is 0 Å². The lowest BCUT2D eigenvalue weighted by Crippen LogP contribution is -2.39. The van der Waals surface area contributed by atoms with E-state index in [2.05, 4.69) is 17.0 Å². The van der Waals surface area contributed by atoms with Gasteiger partial charge in [0.25, 0.3) is 0 Å². The number of carbonyl (C=O) groups is 1. The molecule has 1 fully saturated rings. The summed E-state index contributed by atoms with van der Waals surface area (Å²) in [6, 6.07) is 10.2. The van der Waals surface area contributed by atoms with Gasteiger partial charge >= 0.3 is 5.97 Å². The van der Waals surface area contributed by atoms with Crippen LogP contribution < -0.4 is 4.90 Å². The number of rotatable bonds is 2. The summed E-state index contributed by atoms with van der Waals surface area (Å²) in [6.07, 6.45) is 2.97. The summed E-state index contributed by atoms with van der Waals surface area (Å²) in [7, 11) is 1.44. The van der Waals surface area contributed by atoms with Crippen molar-refractivity contribution in [3.8, 4) is 0 Å². The molecule has 0 bridgehead atoms. The Kier molecular flexibility index (Phi) is 3.44. The Balaban J connectivity index is 2.05. The van der Waals surface area contributed by atoms with Crippen LogP contribution in [0.1, 0.15) is 6.42 Å². The van der Waals surface area contributed by atoms with Gasteiger partial charge in [-0.15, -0.1) is 0 Å². The predicted molar refractivity (Wildman–Crippen MR) is 63.1 cm³/mol. The fraction of sp³-hybridized carbons (Fsp3) is 0.385. The number of hydrogen-bond donors (Lipinski definition) is 0. The van der Waals surface area contributed by atoms with Crippen LogP contribution in [0.3, 0.4) is 0 Å². The van der Waals surface area contributed by atoms with Gasteiger partial charge in [-0.2, -0.15) is 0 Å². The molecule has 1 aromatic rings. The van der Waals surface area contributed by atoms with Gasteiger partial charge in [-0.05, 0) is 25.0 Å². The molecule has 1 aromatic carbocycles. The first-order valence-electron chi connectivity index (χ1n) is 5.52. The molecule has 3 heteroatoms. The number of para-hydroxylation sites is 1. The zero-order chi connectivity index (χ0) is 11.4. The number of nitrogens with zero attached hydrogens (tertiary/aromatic N) is 1. The highest BCUT2D eigenvalue weighted by atomic mass is 16.5. The number of hydrogen-bond acceptors (Lipinski definition) is 3. The van der Waals surface area contributed by atoms with E-state index in [1.165, 1.54) is 12.8 Å². The summed E-state index contributed by atoms with van der Waals surface area (Å²) >= 11 is 0. The molecule has 0 saturated carbocycles. The maximum Gasteiger partial charge on any atom is 0.310 e. The van der Waals surface area contributed by atoms with Crippen molar-refractivity contribution in [3.05, 3.63) is 36.8 Å². The van der Waals surface area contributed by atoms with Gasteiger partial charge in [-0.25, -0.2) is 0 Å². The highest BCUT2D eigenvalue weighted by molar-refractivity contribution is 5.75. The molecule has 1 aliphatic rings. The molecular weight excluding hydrogens is 202 g/mol. The summed E-state index contributed by atoms with van der Waals surface area (Å²) in [4.78, 5) is 13.7. The van der Waals surface area contributed by atoms with E-state index in [0.29, 0.717) is 0 Å². The Labute approximate surface area is 96.0 Å². The molecular formula is C13H16NO2. The number of esters is 1. The smallest absolute Gasteiger partial charge is 0.310 e. The lowest BCUT2D eigenvalue weighted by atomic mass is 9.98.